The third-order valence-electron chi connectivity index (χ3n) is 2.10. The van der Waals surface area contributed by atoms with E-state index < -0.39 is 0 Å². The molecule has 0 aromatic heterocycles. The highest BCUT2D eigenvalue weighted by atomic mass is 35.5. The van der Waals surface area contributed by atoms with E-state index in [9.17, 15) is 0 Å². The summed E-state index contributed by atoms with van der Waals surface area (Å²) < 4.78 is 5.10. The van der Waals surface area contributed by atoms with Gasteiger partial charge in [-0.05, 0) is 38.5 Å². The van der Waals surface area contributed by atoms with Crippen LogP contribution in [0.5, 0.6) is 5.75 Å². The molecule has 1 aromatic rings. The number of thiol groups is 1. The Morgan fingerprint density at radius 2 is 1.93 bits per heavy atom. The van der Waals surface area contributed by atoms with Crippen molar-refractivity contribution in [3.05, 3.63) is 28.3 Å². The number of halogens is 1. The maximum atomic E-state index is 6.00. The van der Waals surface area contributed by atoms with Crippen LogP contribution in [0.3, 0.4) is 0 Å². The van der Waals surface area contributed by atoms with E-state index in [1.165, 1.54) is 0 Å². The second-order valence-corrected chi connectivity index (χ2v) is 5.42. The van der Waals surface area contributed by atoms with E-state index in [0.29, 0.717) is 0 Å². The molecule has 0 heterocycles. The third kappa shape index (κ3) is 2.37. The molecule has 14 heavy (non-hydrogen) atoms. The van der Waals surface area contributed by atoms with Gasteiger partial charge in [0.2, 0.25) is 0 Å². The van der Waals surface area contributed by atoms with Crippen LogP contribution < -0.4 is 4.74 Å². The Bertz CT molecular complexity index is 342. The number of ether oxygens (including phenoxy) is 1. The molecule has 0 saturated heterocycles. The highest BCUT2D eigenvalue weighted by Gasteiger charge is 2.21. The second kappa shape index (κ2) is 4.03. The van der Waals surface area contributed by atoms with Crippen LogP contribution in [0.25, 0.3) is 0 Å². The molecular formula is C11H15ClOS. The Morgan fingerprint density at radius 3 is 2.36 bits per heavy atom. The lowest BCUT2D eigenvalue weighted by Crippen LogP contribution is -2.10. The number of rotatable bonds is 2. The van der Waals surface area contributed by atoms with Crippen LogP contribution in [0.2, 0.25) is 5.02 Å². The van der Waals surface area contributed by atoms with Gasteiger partial charge < -0.3 is 4.74 Å². The van der Waals surface area contributed by atoms with E-state index in [1.807, 2.05) is 32.9 Å². The number of benzene rings is 1. The average Bonchev–Trinajstić information content (AvgIpc) is 2.01. The van der Waals surface area contributed by atoms with Crippen LogP contribution in [-0.4, -0.2) is 7.11 Å². The van der Waals surface area contributed by atoms with Gasteiger partial charge in [0.05, 0.1) is 7.11 Å². The monoisotopic (exact) mass is 230 g/mol. The topological polar surface area (TPSA) is 9.23 Å². The molecule has 78 valence electrons. The first-order valence-corrected chi connectivity index (χ1v) is 5.25. The van der Waals surface area contributed by atoms with Crippen molar-refractivity contribution in [2.75, 3.05) is 7.11 Å². The molecule has 0 spiro atoms. The second-order valence-electron chi connectivity index (χ2n) is 3.86. The maximum Gasteiger partial charge on any atom is 0.126 e. The number of aryl methyl sites for hydroxylation is 1. The van der Waals surface area contributed by atoms with Crippen LogP contribution in [0.15, 0.2) is 12.1 Å². The molecule has 0 aliphatic rings. The van der Waals surface area contributed by atoms with Crippen LogP contribution >= 0.6 is 24.2 Å². The third-order valence-corrected chi connectivity index (χ3v) is 2.56. The Balaban J connectivity index is 3.40. The molecule has 1 nitrogen and oxygen atoms in total. The first-order valence-electron chi connectivity index (χ1n) is 4.43. The lowest BCUT2D eigenvalue weighted by molar-refractivity contribution is 0.403. The first-order chi connectivity index (χ1) is 6.36. The SMILES string of the molecule is COc1c(C)cc(Cl)cc1C(C)(C)S. The minimum absolute atomic E-state index is 0.249. The van der Waals surface area contributed by atoms with Crippen molar-refractivity contribution in [2.24, 2.45) is 0 Å². The number of hydrogen-bond acceptors (Lipinski definition) is 2. The Labute approximate surface area is 95.8 Å². The van der Waals surface area contributed by atoms with Gasteiger partial charge in [-0.2, -0.15) is 12.6 Å². The van der Waals surface area contributed by atoms with Gasteiger partial charge in [0.15, 0.2) is 0 Å². The fourth-order valence-corrected chi connectivity index (χ4v) is 1.89. The lowest BCUT2D eigenvalue weighted by atomic mass is 9.98. The smallest absolute Gasteiger partial charge is 0.126 e. The summed E-state index contributed by atoms with van der Waals surface area (Å²) in [7, 11) is 1.67. The van der Waals surface area contributed by atoms with Crippen molar-refractivity contribution in [2.45, 2.75) is 25.5 Å². The van der Waals surface area contributed by atoms with Crippen molar-refractivity contribution < 1.29 is 4.74 Å². The molecule has 0 aliphatic carbocycles. The molecule has 0 atom stereocenters. The average molecular weight is 231 g/mol. The molecule has 3 heteroatoms. The van der Waals surface area contributed by atoms with Crippen molar-refractivity contribution >= 4 is 24.2 Å². The van der Waals surface area contributed by atoms with E-state index in [0.717, 1.165) is 21.9 Å². The summed E-state index contributed by atoms with van der Waals surface area (Å²) in [4.78, 5) is 0. The van der Waals surface area contributed by atoms with E-state index in [4.69, 9.17) is 16.3 Å². The predicted molar refractivity (Wildman–Crippen MR) is 64.8 cm³/mol. The summed E-state index contributed by atoms with van der Waals surface area (Å²) in [5.74, 6) is 0.870. The van der Waals surface area contributed by atoms with E-state index in [1.54, 1.807) is 7.11 Å². The Kier molecular flexibility index (Phi) is 3.38. The quantitative estimate of drug-likeness (QED) is 0.760. The normalized spacial score (nSPS) is 11.6. The summed E-state index contributed by atoms with van der Waals surface area (Å²) in [5.41, 5.74) is 2.06. The first kappa shape index (κ1) is 11.7. The van der Waals surface area contributed by atoms with Gasteiger partial charge in [0, 0.05) is 15.3 Å². The summed E-state index contributed by atoms with van der Waals surface area (Å²) in [6.07, 6.45) is 0. The summed E-state index contributed by atoms with van der Waals surface area (Å²) in [6.45, 7) is 6.02. The lowest BCUT2D eigenvalue weighted by Gasteiger charge is -2.22. The van der Waals surface area contributed by atoms with Gasteiger partial charge >= 0.3 is 0 Å². The highest BCUT2D eigenvalue weighted by molar-refractivity contribution is 7.81. The van der Waals surface area contributed by atoms with Gasteiger partial charge in [-0.25, -0.2) is 0 Å². The number of methoxy groups -OCH3 is 1. The van der Waals surface area contributed by atoms with Gasteiger partial charge in [-0.3, -0.25) is 0 Å². The van der Waals surface area contributed by atoms with Crippen molar-refractivity contribution in [1.82, 2.24) is 0 Å². The summed E-state index contributed by atoms with van der Waals surface area (Å²) in [5, 5.41) is 0.723. The van der Waals surface area contributed by atoms with E-state index in [-0.39, 0.29) is 4.75 Å². The fourth-order valence-electron chi connectivity index (χ4n) is 1.46. The molecule has 0 amide bonds. The van der Waals surface area contributed by atoms with Gasteiger partial charge in [-0.1, -0.05) is 11.6 Å². The molecule has 0 bridgehead atoms. The van der Waals surface area contributed by atoms with Crippen molar-refractivity contribution in [3.8, 4) is 5.75 Å². The molecular weight excluding hydrogens is 216 g/mol. The Hall–Kier alpha value is -0.340. The van der Waals surface area contributed by atoms with E-state index in [2.05, 4.69) is 12.6 Å². The molecule has 1 rings (SSSR count). The maximum absolute atomic E-state index is 6.00. The molecule has 0 aliphatic heterocycles. The van der Waals surface area contributed by atoms with Crippen molar-refractivity contribution in [3.63, 3.8) is 0 Å². The molecule has 0 unspecified atom stereocenters. The minimum Gasteiger partial charge on any atom is -0.496 e. The van der Waals surface area contributed by atoms with Crippen LogP contribution in [-0.2, 0) is 4.75 Å². The molecule has 1 aromatic carbocycles. The van der Waals surface area contributed by atoms with Gasteiger partial charge in [0.1, 0.15) is 5.75 Å². The molecule has 0 fully saturated rings. The van der Waals surface area contributed by atoms with Crippen LogP contribution in [0, 0.1) is 6.92 Å². The molecule has 0 N–H and O–H groups in total. The molecule has 0 radical (unpaired) electrons. The minimum atomic E-state index is -0.249. The van der Waals surface area contributed by atoms with Crippen LogP contribution in [0.4, 0.5) is 0 Å². The standard InChI is InChI=1S/C11H15ClOS/c1-7-5-8(12)6-9(10(7)13-4)11(2,3)14/h5-6,14H,1-4H3. The van der Waals surface area contributed by atoms with Gasteiger partial charge in [0.25, 0.3) is 0 Å². The zero-order chi connectivity index (χ0) is 10.9. The highest BCUT2D eigenvalue weighted by Crippen LogP contribution is 2.38. The fraction of sp³-hybridized carbons (Fsp3) is 0.455. The summed E-state index contributed by atoms with van der Waals surface area (Å²) in [6, 6.07) is 3.80. The summed E-state index contributed by atoms with van der Waals surface area (Å²) >= 11 is 10.5. The Morgan fingerprint density at radius 1 is 1.36 bits per heavy atom. The van der Waals surface area contributed by atoms with Gasteiger partial charge in [-0.15, -0.1) is 0 Å². The largest absolute Gasteiger partial charge is 0.496 e. The van der Waals surface area contributed by atoms with Crippen molar-refractivity contribution in [1.29, 1.82) is 0 Å². The zero-order valence-electron chi connectivity index (χ0n) is 8.89. The zero-order valence-corrected chi connectivity index (χ0v) is 10.5. The molecule has 0 saturated carbocycles. The predicted octanol–water partition coefficient (Wildman–Crippen LogP) is 3.82. The van der Waals surface area contributed by atoms with E-state index >= 15 is 0 Å². The number of hydrogen-bond donors (Lipinski definition) is 1. The van der Waals surface area contributed by atoms with Crippen LogP contribution in [0.1, 0.15) is 25.0 Å².